The third kappa shape index (κ3) is 2.82. The van der Waals surface area contributed by atoms with Crippen LogP contribution in [0.25, 0.3) is 34.6 Å². The third-order valence-electron chi connectivity index (χ3n) is 4.31. The van der Waals surface area contributed by atoms with Gasteiger partial charge >= 0.3 is 11.8 Å². The quantitative estimate of drug-likeness (QED) is 0.530. The van der Waals surface area contributed by atoms with Crippen LogP contribution in [0.4, 0.5) is 5.69 Å². The van der Waals surface area contributed by atoms with Crippen molar-refractivity contribution in [2.24, 2.45) is 0 Å². The van der Waals surface area contributed by atoms with Crippen LogP contribution >= 0.6 is 0 Å². The summed E-state index contributed by atoms with van der Waals surface area (Å²) in [6.45, 7) is 0.205. The number of nitrogens with zero attached hydrogens (tertiary/aromatic N) is 5. The van der Waals surface area contributed by atoms with Crippen molar-refractivity contribution in [2.45, 2.75) is 0 Å². The number of hydrogen-bond donors (Lipinski definition) is 0. The molecule has 0 fully saturated rings. The molecule has 0 spiro atoms. The molecule has 0 radical (unpaired) electrons. The first-order valence-corrected chi connectivity index (χ1v) is 8.53. The van der Waals surface area contributed by atoms with Crippen LogP contribution in [0.2, 0.25) is 0 Å². The summed E-state index contributed by atoms with van der Waals surface area (Å²) in [5.74, 6) is 2.48. The fourth-order valence-electron chi connectivity index (χ4n) is 2.80. The average molecular weight is 377 g/mol. The van der Waals surface area contributed by atoms with Gasteiger partial charge in [0.1, 0.15) is 0 Å². The molecule has 9 heteroatoms. The van der Waals surface area contributed by atoms with Crippen molar-refractivity contribution in [1.82, 2.24) is 20.3 Å². The van der Waals surface area contributed by atoms with Crippen LogP contribution < -0.4 is 14.4 Å². The van der Waals surface area contributed by atoms with E-state index < -0.39 is 0 Å². The van der Waals surface area contributed by atoms with Crippen molar-refractivity contribution in [3.8, 4) is 46.1 Å². The van der Waals surface area contributed by atoms with Crippen LogP contribution in [-0.2, 0) is 0 Å². The van der Waals surface area contributed by atoms with Crippen LogP contribution in [0.3, 0.4) is 0 Å². The summed E-state index contributed by atoms with van der Waals surface area (Å²) in [4.78, 5) is 10.7. The summed E-state index contributed by atoms with van der Waals surface area (Å²) in [7, 11) is 3.96. The zero-order valence-corrected chi connectivity index (χ0v) is 15.1. The monoisotopic (exact) mass is 377 g/mol. The van der Waals surface area contributed by atoms with Gasteiger partial charge in [-0.2, -0.15) is 9.97 Å². The maximum absolute atomic E-state index is 5.38. The van der Waals surface area contributed by atoms with Crippen molar-refractivity contribution in [1.29, 1.82) is 0 Å². The van der Waals surface area contributed by atoms with Gasteiger partial charge in [0.2, 0.25) is 18.4 Å². The first-order chi connectivity index (χ1) is 13.7. The molecule has 0 bridgehead atoms. The van der Waals surface area contributed by atoms with E-state index in [9.17, 15) is 0 Å². The van der Waals surface area contributed by atoms with E-state index in [1.54, 1.807) is 12.1 Å². The van der Waals surface area contributed by atoms with Gasteiger partial charge in [0.15, 0.2) is 11.5 Å². The minimum Gasteiger partial charge on any atom is -0.454 e. The van der Waals surface area contributed by atoms with E-state index in [-0.39, 0.29) is 18.6 Å². The first kappa shape index (κ1) is 16.3. The Bertz CT molecular complexity index is 1130. The molecule has 1 aliphatic heterocycles. The van der Waals surface area contributed by atoms with E-state index in [1.807, 2.05) is 49.3 Å². The molecular weight excluding hydrogens is 362 g/mol. The number of benzene rings is 2. The van der Waals surface area contributed by atoms with Gasteiger partial charge in [-0.15, -0.1) is 0 Å². The molecule has 2 aromatic carbocycles. The van der Waals surface area contributed by atoms with Crippen LogP contribution in [0.15, 0.2) is 51.5 Å². The summed E-state index contributed by atoms with van der Waals surface area (Å²) >= 11 is 0. The zero-order valence-electron chi connectivity index (χ0n) is 15.1. The Hall–Kier alpha value is -3.88. The highest BCUT2D eigenvalue weighted by molar-refractivity contribution is 5.63. The molecule has 0 N–H and O–H groups in total. The van der Waals surface area contributed by atoms with Crippen molar-refractivity contribution in [3.63, 3.8) is 0 Å². The molecule has 1 aliphatic rings. The standard InChI is InChI=1S/C19H15N5O4/c1-24(2)13-6-3-11(4-7-13)16-20-18(27-22-16)19-21-17(23-28-19)12-5-8-14-15(9-12)26-10-25-14/h3-9H,10H2,1-2H3. The number of hydrogen-bond acceptors (Lipinski definition) is 9. The lowest BCUT2D eigenvalue weighted by Gasteiger charge is -2.11. The zero-order chi connectivity index (χ0) is 19.1. The summed E-state index contributed by atoms with van der Waals surface area (Å²) in [5, 5.41) is 7.99. The summed E-state index contributed by atoms with van der Waals surface area (Å²) in [5.41, 5.74) is 2.65. The molecule has 0 saturated heterocycles. The molecule has 0 atom stereocenters. The molecule has 0 unspecified atom stereocenters. The predicted octanol–water partition coefficient (Wildman–Crippen LogP) is 3.25. The molecular formula is C19H15N5O4. The maximum atomic E-state index is 5.38. The van der Waals surface area contributed by atoms with E-state index in [1.165, 1.54) is 0 Å². The Morgan fingerprint density at radius 2 is 1.36 bits per heavy atom. The minimum absolute atomic E-state index is 0.149. The smallest absolute Gasteiger partial charge is 0.316 e. The Balaban J connectivity index is 1.41. The molecule has 28 heavy (non-hydrogen) atoms. The second-order valence-electron chi connectivity index (χ2n) is 6.36. The summed E-state index contributed by atoms with van der Waals surface area (Å²) in [6.07, 6.45) is 0. The van der Waals surface area contributed by atoms with E-state index in [2.05, 4.69) is 20.3 Å². The normalized spacial score (nSPS) is 12.4. The van der Waals surface area contributed by atoms with Gasteiger partial charge in [0, 0.05) is 30.9 Å². The molecule has 3 heterocycles. The van der Waals surface area contributed by atoms with Gasteiger partial charge in [-0.25, -0.2) is 0 Å². The van der Waals surface area contributed by atoms with Gasteiger partial charge in [-0.1, -0.05) is 10.3 Å². The van der Waals surface area contributed by atoms with E-state index in [0.717, 1.165) is 16.8 Å². The number of ether oxygens (including phenoxy) is 2. The lowest BCUT2D eigenvalue weighted by Crippen LogP contribution is -2.07. The Morgan fingerprint density at radius 3 is 2.04 bits per heavy atom. The van der Waals surface area contributed by atoms with Crippen LogP contribution in [0.5, 0.6) is 11.5 Å². The molecule has 9 nitrogen and oxygen atoms in total. The number of rotatable bonds is 4. The van der Waals surface area contributed by atoms with Gasteiger partial charge < -0.3 is 23.4 Å². The van der Waals surface area contributed by atoms with Crippen LogP contribution in [0.1, 0.15) is 0 Å². The van der Waals surface area contributed by atoms with E-state index in [4.69, 9.17) is 18.5 Å². The summed E-state index contributed by atoms with van der Waals surface area (Å²) in [6, 6.07) is 13.2. The minimum atomic E-state index is 0.149. The van der Waals surface area contributed by atoms with Crippen molar-refractivity contribution in [2.75, 3.05) is 25.8 Å². The topological polar surface area (TPSA) is 99.5 Å². The van der Waals surface area contributed by atoms with Crippen molar-refractivity contribution < 1.29 is 18.5 Å². The highest BCUT2D eigenvalue weighted by atomic mass is 16.7. The number of fused-ring (bicyclic) bond motifs is 1. The maximum Gasteiger partial charge on any atom is 0.316 e. The number of anilines is 1. The van der Waals surface area contributed by atoms with E-state index >= 15 is 0 Å². The molecule has 140 valence electrons. The van der Waals surface area contributed by atoms with E-state index in [0.29, 0.717) is 23.1 Å². The van der Waals surface area contributed by atoms with Crippen LogP contribution in [-0.4, -0.2) is 41.2 Å². The van der Waals surface area contributed by atoms with Crippen molar-refractivity contribution in [3.05, 3.63) is 42.5 Å². The Kier molecular flexibility index (Phi) is 3.71. The lowest BCUT2D eigenvalue weighted by atomic mass is 10.2. The average Bonchev–Trinajstić information content (AvgIpc) is 3.47. The van der Waals surface area contributed by atoms with Crippen molar-refractivity contribution >= 4 is 5.69 Å². The molecule has 4 aromatic rings. The van der Waals surface area contributed by atoms with Gasteiger partial charge in [-0.05, 0) is 42.5 Å². The molecule has 2 aromatic heterocycles. The second kappa shape index (κ2) is 6.38. The molecule has 0 aliphatic carbocycles. The highest BCUT2D eigenvalue weighted by Crippen LogP contribution is 2.35. The predicted molar refractivity (Wildman–Crippen MR) is 98.9 cm³/mol. The molecule has 0 saturated carbocycles. The highest BCUT2D eigenvalue weighted by Gasteiger charge is 2.20. The largest absolute Gasteiger partial charge is 0.454 e. The fourth-order valence-corrected chi connectivity index (χ4v) is 2.80. The fraction of sp³-hybridized carbons (Fsp3) is 0.158. The Morgan fingerprint density at radius 1 is 0.750 bits per heavy atom. The SMILES string of the molecule is CN(C)c1ccc(-c2noc(-c3nc(-c4ccc5c(c4)OCO5)no3)n2)cc1. The third-order valence-corrected chi connectivity index (χ3v) is 4.31. The molecule has 0 amide bonds. The lowest BCUT2D eigenvalue weighted by molar-refractivity contribution is 0.174. The van der Waals surface area contributed by atoms with Gasteiger partial charge in [0.05, 0.1) is 0 Å². The first-order valence-electron chi connectivity index (χ1n) is 8.53. The van der Waals surface area contributed by atoms with Gasteiger partial charge in [-0.3, -0.25) is 0 Å². The van der Waals surface area contributed by atoms with Crippen LogP contribution in [0, 0.1) is 0 Å². The van der Waals surface area contributed by atoms with Gasteiger partial charge in [0.25, 0.3) is 0 Å². The second-order valence-corrected chi connectivity index (χ2v) is 6.36. The Labute approximate surface area is 159 Å². The number of aromatic nitrogens is 4. The summed E-state index contributed by atoms with van der Waals surface area (Å²) < 4.78 is 21.3. The molecule has 5 rings (SSSR count).